The second kappa shape index (κ2) is 6.25. The van der Waals surface area contributed by atoms with Gasteiger partial charge in [0.25, 0.3) is 0 Å². The van der Waals surface area contributed by atoms with Crippen LogP contribution in [0.3, 0.4) is 0 Å². The van der Waals surface area contributed by atoms with Crippen LogP contribution in [0.4, 0.5) is 17.3 Å². The number of aromatic nitrogens is 2. The first-order valence-electron chi connectivity index (χ1n) is 6.71. The van der Waals surface area contributed by atoms with Gasteiger partial charge in [-0.2, -0.15) is 9.97 Å². The second-order valence-electron chi connectivity index (χ2n) is 4.75. The van der Waals surface area contributed by atoms with Crippen molar-refractivity contribution in [2.24, 2.45) is 0 Å². The Morgan fingerprint density at radius 2 is 2.10 bits per heavy atom. The molecule has 0 bridgehead atoms. The largest absolute Gasteiger partial charge is 0.378 e. The van der Waals surface area contributed by atoms with Gasteiger partial charge in [0.2, 0.25) is 11.6 Å². The highest BCUT2D eigenvalue weighted by atomic mass is 32.2. The Hall–Kier alpha value is -1.57. The lowest BCUT2D eigenvalue weighted by atomic mass is 10.2. The molecule has 1 heterocycles. The Morgan fingerprint density at radius 1 is 1.45 bits per heavy atom. The molecule has 1 aromatic rings. The summed E-state index contributed by atoms with van der Waals surface area (Å²) in [7, 11) is 0. The Bertz CT molecular complexity index is 505. The minimum Gasteiger partial charge on any atom is -0.378 e. The second-order valence-corrected chi connectivity index (χ2v) is 5.52. The number of nitrogens with two attached hydrogens (primary N) is 1. The van der Waals surface area contributed by atoms with E-state index in [1.165, 1.54) is 11.8 Å². The number of nitrogens with zero attached hydrogens (tertiary/aromatic N) is 4. The monoisotopic (exact) mass is 297 g/mol. The molecular formula is C12H19N5O2S. The van der Waals surface area contributed by atoms with E-state index < -0.39 is 4.92 Å². The minimum atomic E-state index is -0.480. The summed E-state index contributed by atoms with van der Waals surface area (Å²) in [4.78, 5) is 21.1. The van der Waals surface area contributed by atoms with E-state index in [-0.39, 0.29) is 11.5 Å². The van der Waals surface area contributed by atoms with Crippen LogP contribution in [0.1, 0.15) is 32.6 Å². The molecule has 2 N–H and O–H groups in total. The molecule has 0 aromatic carbocycles. The summed E-state index contributed by atoms with van der Waals surface area (Å²) < 4.78 is 0. The van der Waals surface area contributed by atoms with Crippen molar-refractivity contribution in [3.05, 3.63) is 10.1 Å². The molecule has 1 aromatic heterocycles. The first kappa shape index (κ1) is 14.8. The average molecular weight is 297 g/mol. The molecule has 0 aliphatic heterocycles. The Morgan fingerprint density at radius 3 is 2.60 bits per heavy atom. The fourth-order valence-electron chi connectivity index (χ4n) is 2.70. The van der Waals surface area contributed by atoms with E-state index in [2.05, 4.69) is 9.97 Å². The van der Waals surface area contributed by atoms with Gasteiger partial charge in [0.15, 0.2) is 5.16 Å². The van der Waals surface area contributed by atoms with Crippen LogP contribution in [0.5, 0.6) is 0 Å². The molecule has 1 aliphatic carbocycles. The number of nitro groups is 1. The molecule has 0 radical (unpaired) electrons. The van der Waals surface area contributed by atoms with Crippen molar-refractivity contribution in [2.75, 3.05) is 23.4 Å². The van der Waals surface area contributed by atoms with Crippen LogP contribution in [0.25, 0.3) is 0 Å². The number of nitrogen functional groups attached to an aromatic ring is 1. The number of hydrogen-bond donors (Lipinski definition) is 1. The van der Waals surface area contributed by atoms with Crippen LogP contribution in [0, 0.1) is 10.1 Å². The fraction of sp³-hybridized carbons (Fsp3) is 0.667. The Balaban J connectivity index is 2.50. The lowest BCUT2D eigenvalue weighted by molar-refractivity contribution is -0.383. The van der Waals surface area contributed by atoms with E-state index >= 15 is 0 Å². The van der Waals surface area contributed by atoms with E-state index in [1.54, 1.807) is 0 Å². The van der Waals surface area contributed by atoms with Crippen LogP contribution in [0.15, 0.2) is 5.16 Å². The summed E-state index contributed by atoms with van der Waals surface area (Å²) >= 11 is 1.34. The third-order valence-corrected chi connectivity index (χ3v) is 4.16. The number of hydrogen-bond acceptors (Lipinski definition) is 7. The molecule has 20 heavy (non-hydrogen) atoms. The van der Waals surface area contributed by atoms with Crippen molar-refractivity contribution >= 4 is 29.1 Å². The van der Waals surface area contributed by atoms with Gasteiger partial charge in [-0.3, -0.25) is 10.1 Å². The van der Waals surface area contributed by atoms with Gasteiger partial charge in [-0.25, -0.2) is 0 Å². The topological polar surface area (TPSA) is 98.2 Å². The van der Waals surface area contributed by atoms with Gasteiger partial charge in [0.1, 0.15) is 0 Å². The van der Waals surface area contributed by atoms with E-state index in [4.69, 9.17) is 5.73 Å². The SMILES string of the molecule is CCN(c1nc(SC)nc(N)c1[N+](=O)[O-])C1CCCC1. The van der Waals surface area contributed by atoms with E-state index in [9.17, 15) is 10.1 Å². The number of anilines is 2. The third-order valence-electron chi connectivity index (χ3n) is 3.62. The lowest BCUT2D eigenvalue weighted by Crippen LogP contribution is -2.34. The van der Waals surface area contributed by atoms with Crippen molar-refractivity contribution in [3.63, 3.8) is 0 Å². The molecule has 0 atom stereocenters. The molecule has 2 rings (SSSR count). The summed E-state index contributed by atoms with van der Waals surface area (Å²) in [6, 6.07) is 0.308. The fourth-order valence-corrected chi connectivity index (χ4v) is 3.07. The minimum absolute atomic E-state index is 0.0548. The van der Waals surface area contributed by atoms with Crippen molar-refractivity contribution in [1.82, 2.24) is 9.97 Å². The maximum absolute atomic E-state index is 11.3. The van der Waals surface area contributed by atoms with Gasteiger partial charge in [-0.15, -0.1) is 0 Å². The van der Waals surface area contributed by atoms with E-state index in [1.807, 2.05) is 18.1 Å². The predicted octanol–water partition coefficient (Wildman–Crippen LogP) is 2.46. The molecule has 1 aliphatic rings. The summed E-state index contributed by atoms with van der Waals surface area (Å²) in [5.41, 5.74) is 5.59. The lowest BCUT2D eigenvalue weighted by Gasteiger charge is -2.28. The molecule has 0 amide bonds. The highest BCUT2D eigenvalue weighted by molar-refractivity contribution is 7.98. The predicted molar refractivity (Wildman–Crippen MR) is 80.2 cm³/mol. The molecule has 1 saturated carbocycles. The standard InChI is InChI=1S/C12H19N5O2S/c1-3-16(8-6-4-5-7-8)11-9(17(18)19)10(13)14-12(15-11)20-2/h8H,3-7H2,1-2H3,(H2,13,14,15). The highest BCUT2D eigenvalue weighted by Crippen LogP contribution is 2.36. The van der Waals surface area contributed by atoms with E-state index in [0.29, 0.717) is 23.6 Å². The summed E-state index contributed by atoms with van der Waals surface area (Å²) in [6.07, 6.45) is 6.24. The zero-order valence-corrected chi connectivity index (χ0v) is 12.5. The van der Waals surface area contributed by atoms with Gasteiger partial charge < -0.3 is 10.6 Å². The first-order valence-corrected chi connectivity index (χ1v) is 7.93. The van der Waals surface area contributed by atoms with Crippen LogP contribution >= 0.6 is 11.8 Å². The van der Waals surface area contributed by atoms with E-state index in [0.717, 1.165) is 25.7 Å². The maximum Gasteiger partial charge on any atom is 0.353 e. The van der Waals surface area contributed by atoms with Crippen molar-refractivity contribution in [1.29, 1.82) is 0 Å². The number of rotatable bonds is 5. The molecule has 110 valence electrons. The molecule has 7 nitrogen and oxygen atoms in total. The zero-order valence-electron chi connectivity index (χ0n) is 11.7. The summed E-state index contributed by atoms with van der Waals surface area (Å²) in [5, 5.41) is 11.8. The van der Waals surface area contributed by atoms with Crippen LogP contribution in [-0.2, 0) is 0 Å². The van der Waals surface area contributed by atoms with Crippen LogP contribution in [-0.4, -0.2) is 33.7 Å². The third kappa shape index (κ3) is 2.79. The molecule has 1 fully saturated rings. The molecule has 0 saturated heterocycles. The van der Waals surface area contributed by atoms with Crippen molar-refractivity contribution in [2.45, 2.75) is 43.8 Å². The highest BCUT2D eigenvalue weighted by Gasteiger charge is 2.31. The van der Waals surface area contributed by atoms with Gasteiger partial charge >= 0.3 is 5.69 Å². The van der Waals surface area contributed by atoms with Gasteiger partial charge in [-0.1, -0.05) is 24.6 Å². The Labute approximate surface area is 122 Å². The van der Waals surface area contributed by atoms with Crippen LogP contribution in [0.2, 0.25) is 0 Å². The van der Waals surface area contributed by atoms with Crippen LogP contribution < -0.4 is 10.6 Å². The molecular weight excluding hydrogens is 278 g/mol. The normalized spacial score (nSPS) is 15.5. The molecule has 0 spiro atoms. The smallest absolute Gasteiger partial charge is 0.353 e. The van der Waals surface area contributed by atoms with Gasteiger partial charge in [-0.05, 0) is 26.0 Å². The van der Waals surface area contributed by atoms with Crippen molar-refractivity contribution in [3.8, 4) is 0 Å². The molecule has 0 unspecified atom stereocenters. The van der Waals surface area contributed by atoms with Gasteiger partial charge in [0.05, 0.1) is 4.92 Å². The van der Waals surface area contributed by atoms with Crippen molar-refractivity contribution < 1.29 is 4.92 Å². The summed E-state index contributed by atoms with van der Waals surface area (Å²) in [6.45, 7) is 2.66. The average Bonchev–Trinajstić information content (AvgIpc) is 2.92. The Kier molecular flexibility index (Phi) is 4.64. The summed E-state index contributed by atoms with van der Waals surface area (Å²) in [5.74, 6) is 0.307. The maximum atomic E-state index is 11.3. The zero-order chi connectivity index (χ0) is 14.7. The number of thioether (sulfide) groups is 1. The first-order chi connectivity index (χ1) is 9.58. The van der Waals surface area contributed by atoms with Gasteiger partial charge in [0, 0.05) is 12.6 Å². The quantitative estimate of drug-likeness (QED) is 0.386. The molecule has 8 heteroatoms.